The van der Waals surface area contributed by atoms with Crippen LogP contribution in [0.5, 0.6) is 0 Å². The first-order valence-electron chi connectivity index (χ1n) is 4.66. The summed E-state index contributed by atoms with van der Waals surface area (Å²) in [7, 11) is 0. The molecule has 0 N–H and O–H groups in total. The number of cyclic esters (lactones) is 2. The highest BCUT2D eigenvalue weighted by molar-refractivity contribution is 5.91. The third-order valence-electron chi connectivity index (χ3n) is 2.13. The molecule has 15 heavy (non-hydrogen) atoms. The van der Waals surface area contributed by atoms with Crippen LogP contribution in [0, 0.1) is 0 Å². The molecule has 78 valence electrons. The van der Waals surface area contributed by atoms with Crippen molar-refractivity contribution in [3.05, 3.63) is 35.9 Å². The van der Waals surface area contributed by atoms with E-state index in [0.717, 1.165) is 5.56 Å². The van der Waals surface area contributed by atoms with E-state index in [9.17, 15) is 9.59 Å². The zero-order chi connectivity index (χ0) is 10.7. The van der Waals surface area contributed by atoms with Crippen molar-refractivity contribution < 1.29 is 19.1 Å². The van der Waals surface area contributed by atoms with Gasteiger partial charge in [-0.3, -0.25) is 9.59 Å². The van der Waals surface area contributed by atoms with Crippen LogP contribution in [0.3, 0.4) is 0 Å². The molecule has 0 radical (unpaired) electrons. The fourth-order valence-electron chi connectivity index (χ4n) is 1.40. The van der Waals surface area contributed by atoms with Crippen LogP contribution in [0.15, 0.2) is 30.3 Å². The quantitative estimate of drug-likeness (QED) is 0.512. The number of carbonyl (C=O) groups excluding carboxylic acids is 2. The van der Waals surface area contributed by atoms with Crippen LogP contribution in [0.1, 0.15) is 18.1 Å². The number of hydrogen-bond acceptors (Lipinski definition) is 4. The molecule has 0 bridgehead atoms. The van der Waals surface area contributed by atoms with Crippen LogP contribution >= 0.6 is 0 Å². The maximum absolute atomic E-state index is 11.2. The van der Waals surface area contributed by atoms with E-state index in [4.69, 9.17) is 9.47 Å². The Bertz CT molecular complexity index is 371. The van der Waals surface area contributed by atoms with Gasteiger partial charge in [-0.1, -0.05) is 30.3 Å². The first-order valence-corrected chi connectivity index (χ1v) is 4.66. The van der Waals surface area contributed by atoms with Gasteiger partial charge in [0, 0.05) is 0 Å². The summed E-state index contributed by atoms with van der Waals surface area (Å²) in [4.78, 5) is 22.1. The minimum atomic E-state index is -0.536. The summed E-state index contributed by atoms with van der Waals surface area (Å²) in [6.45, 7) is 0.0919. The molecular formula is C11H10O4. The lowest BCUT2D eigenvalue weighted by molar-refractivity contribution is -0.148. The lowest BCUT2D eigenvalue weighted by atomic mass is 10.1. The molecule has 1 atom stereocenters. The van der Waals surface area contributed by atoms with Crippen LogP contribution in [0.25, 0.3) is 0 Å². The number of benzene rings is 1. The minimum Gasteiger partial charge on any atom is -0.461 e. The van der Waals surface area contributed by atoms with Crippen LogP contribution < -0.4 is 0 Å². The second kappa shape index (κ2) is 4.13. The number of ether oxygens (including phenoxy) is 2. The molecule has 1 heterocycles. The predicted octanol–water partition coefficient (Wildman–Crippen LogP) is 1.22. The molecule has 1 unspecified atom stereocenters. The number of rotatable bonds is 1. The van der Waals surface area contributed by atoms with Crippen molar-refractivity contribution in [2.24, 2.45) is 0 Å². The van der Waals surface area contributed by atoms with Gasteiger partial charge >= 0.3 is 11.9 Å². The first kappa shape index (κ1) is 9.71. The topological polar surface area (TPSA) is 52.6 Å². The smallest absolute Gasteiger partial charge is 0.317 e. The SMILES string of the molecule is O=C1CC(=O)OC(c2ccccc2)CO1. The third-order valence-corrected chi connectivity index (χ3v) is 2.13. The highest BCUT2D eigenvalue weighted by Gasteiger charge is 2.25. The molecule has 2 rings (SSSR count). The molecule has 0 aliphatic carbocycles. The van der Waals surface area contributed by atoms with E-state index in [-0.39, 0.29) is 13.0 Å². The van der Waals surface area contributed by atoms with E-state index in [1.807, 2.05) is 30.3 Å². The van der Waals surface area contributed by atoms with Gasteiger partial charge in [0.15, 0.2) is 6.10 Å². The van der Waals surface area contributed by atoms with Crippen molar-refractivity contribution in [2.45, 2.75) is 12.5 Å². The first-order chi connectivity index (χ1) is 7.25. The molecule has 0 aromatic heterocycles. The normalized spacial score (nSPS) is 21.5. The second-order valence-corrected chi connectivity index (χ2v) is 3.25. The summed E-state index contributed by atoms with van der Waals surface area (Å²) in [6, 6.07) is 9.22. The molecule has 0 saturated carbocycles. The second-order valence-electron chi connectivity index (χ2n) is 3.25. The molecule has 0 amide bonds. The van der Waals surface area contributed by atoms with Gasteiger partial charge in [-0.15, -0.1) is 0 Å². The van der Waals surface area contributed by atoms with Gasteiger partial charge in [0.25, 0.3) is 0 Å². The Morgan fingerprint density at radius 1 is 1.07 bits per heavy atom. The summed E-state index contributed by atoms with van der Waals surface area (Å²) in [5, 5.41) is 0. The van der Waals surface area contributed by atoms with Crippen molar-refractivity contribution in [3.8, 4) is 0 Å². The van der Waals surface area contributed by atoms with Crippen molar-refractivity contribution in [1.82, 2.24) is 0 Å². The molecular weight excluding hydrogens is 196 g/mol. The maximum atomic E-state index is 11.2. The summed E-state index contributed by atoms with van der Waals surface area (Å²) in [5.74, 6) is -1.07. The van der Waals surface area contributed by atoms with Gasteiger partial charge in [0.1, 0.15) is 13.0 Å². The highest BCUT2D eigenvalue weighted by atomic mass is 16.6. The molecule has 1 fully saturated rings. The largest absolute Gasteiger partial charge is 0.461 e. The number of esters is 2. The standard InChI is InChI=1S/C11H10O4/c12-10-6-11(13)15-9(7-14-10)8-4-2-1-3-5-8/h1-5,9H,6-7H2. The molecule has 4 nitrogen and oxygen atoms in total. The Labute approximate surface area is 86.8 Å². The van der Waals surface area contributed by atoms with Gasteiger partial charge in [-0.2, -0.15) is 0 Å². The molecule has 4 heteroatoms. The molecule has 1 saturated heterocycles. The monoisotopic (exact) mass is 206 g/mol. The van der Waals surface area contributed by atoms with Gasteiger partial charge in [0.05, 0.1) is 0 Å². The van der Waals surface area contributed by atoms with E-state index in [2.05, 4.69) is 0 Å². The fraction of sp³-hybridized carbons (Fsp3) is 0.273. The molecule has 0 spiro atoms. The Morgan fingerprint density at radius 3 is 2.53 bits per heavy atom. The van der Waals surface area contributed by atoms with Gasteiger partial charge < -0.3 is 9.47 Å². The third kappa shape index (κ3) is 2.34. The van der Waals surface area contributed by atoms with Crippen molar-refractivity contribution in [3.63, 3.8) is 0 Å². The average molecular weight is 206 g/mol. The maximum Gasteiger partial charge on any atom is 0.317 e. The van der Waals surface area contributed by atoms with Crippen molar-refractivity contribution in [2.75, 3.05) is 6.61 Å². The molecule has 1 aromatic carbocycles. The number of hydrogen-bond donors (Lipinski definition) is 0. The minimum absolute atomic E-state index is 0.0919. The van der Waals surface area contributed by atoms with Crippen molar-refractivity contribution >= 4 is 11.9 Å². The van der Waals surface area contributed by atoms with Crippen LogP contribution in [0.4, 0.5) is 0 Å². The van der Waals surface area contributed by atoms with Crippen LogP contribution in [0.2, 0.25) is 0 Å². The summed E-state index contributed by atoms with van der Waals surface area (Å²) in [6.07, 6.45) is -0.784. The van der Waals surface area contributed by atoms with Gasteiger partial charge in [0.2, 0.25) is 0 Å². The fourth-order valence-corrected chi connectivity index (χ4v) is 1.40. The molecule has 1 aliphatic rings. The molecule has 1 aliphatic heterocycles. The number of carbonyl (C=O) groups is 2. The van der Waals surface area contributed by atoms with E-state index in [1.165, 1.54) is 0 Å². The summed E-state index contributed by atoms with van der Waals surface area (Å²) < 4.78 is 9.94. The zero-order valence-electron chi connectivity index (χ0n) is 8.01. The Kier molecular flexibility index (Phi) is 2.67. The lowest BCUT2D eigenvalue weighted by Gasteiger charge is -2.13. The average Bonchev–Trinajstić information content (AvgIpc) is 2.41. The highest BCUT2D eigenvalue weighted by Crippen LogP contribution is 2.20. The van der Waals surface area contributed by atoms with E-state index in [0.29, 0.717) is 0 Å². The predicted molar refractivity (Wildman–Crippen MR) is 50.9 cm³/mol. The van der Waals surface area contributed by atoms with Crippen molar-refractivity contribution in [1.29, 1.82) is 0 Å². The van der Waals surface area contributed by atoms with E-state index < -0.39 is 18.0 Å². The Hall–Kier alpha value is -1.84. The van der Waals surface area contributed by atoms with Crippen LogP contribution in [-0.4, -0.2) is 18.5 Å². The Morgan fingerprint density at radius 2 is 1.80 bits per heavy atom. The lowest BCUT2D eigenvalue weighted by Crippen LogP contribution is -2.11. The zero-order valence-corrected chi connectivity index (χ0v) is 8.01. The van der Waals surface area contributed by atoms with Gasteiger partial charge in [-0.05, 0) is 5.56 Å². The Balaban J connectivity index is 2.16. The van der Waals surface area contributed by atoms with Gasteiger partial charge in [-0.25, -0.2) is 0 Å². The van der Waals surface area contributed by atoms with E-state index >= 15 is 0 Å². The van der Waals surface area contributed by atoms with Crippen LogP contribution in [-0.2, 0) is 19.1 Å². The summed E-state index contributed by atoms with van der Waals surface area (Å²) in [5.41, 5.74) is 0.834. The molecule has 1 aromatic rings. The summed E-state index contributed by atoms with van der Waals surface area (Å²) >= 11 is 0. The van der Waals surface area contributed by atoms with E-state index in [1.54, 1.807) is 0 Å².